The van der Waals surface area contributed by atoms with Crippen LogP contribution in [0, 0.1) is 0 Å². The van der Waals surface area contributed by atoms with Gasteiger partial charge in [0, 0.05) is 6.42 Å². The van der Waals surface area contributed by atoms with Gasteiger partial charge in [0.05, 0.1) is 8.07 Å². The van der Waals surface area contributed by atoms with Crippen LogP contribution < -0.4 is 0 Å². The van der Waals surface area contributed by atoms with Crippen molar-refractivity contribution in [3.63, 3.8) is 0 Å². The molecule has 0 radical (unpaired) electrons. The second-order valence-electron chi connectivity index (χ2n) is 6.60. The van der Waals surface area contributed by atoms with Gasteiger partial charge in [-0.05, 0) is 18.0 Å². The molecule has 0 aliphatic rings. The van der Waals surface area contributed by atoms with Crippen LogP contribution in [0.3, 0.4) is 0 Å². The summed E-state index contributed by atoms with van der Waals surface area (Å²) < 4.78 is 0. The number of hydrogen-bond donors (Lipinski definition) is 0. The van der Waals surface area contributed by atoms with Crippen LogP contribution in [-0.2, 0) is 4.79 Å². The lowest BCUT2D eigenvalue weighted by Gasteiger charge is -2.20. The van der Waals surface area contributed by atoms with Crippen molar-refractivity contribution in [2.75, 3.05) is 0 Å². The molecule has 0 atom stereocenters. The van der Waals surface area contributed by atoms with E-state index in [1.807, 2.05) is 0 Å². The summed E-state index contributed by atoms with van der Waals surface area (Å²) in [6.45, 7) is 11.3. The lowest BCUT2D eigenvalue weighted by molar-refractivity contribution is -0.115. The quantitative estimate of drug-likeness (QED) is 0.261. The van der Waals surface area contributed by atoms with Gasteiger partial charge in [0.25, 0.3) is 0 Å². The van der Waals surface area contributed by atoms with Crippen molar-refractivity contribution in [3.8, 4) is 0 Å². The number of carbonyl (C=O) groups is 1. The molecule has 0 N–H and O–H groups in total. The maximum Gasteiger partial charge on any atom is 0.154 e. The average molecular weight is 283 g/mol. The molecule has 0 aliphatic carbocycles. The van der Waals surface area contributed by atoms with E-state index in [4.69, 9.17) is 0 Å². The van der Waals surface area contributed by atoms with Crippen molar-refractivity contribution < 1.29 is 4.79 Å². The SMILES string of the molecule is CCCC/C=C(/C(=O)CCCCCCC)[Si](C)(C)C. The highest BCUT2D eigenvalue weighted by Gasteiger charge is 2.24. The molecule has 0 rings (SSSR count). The molecule has 0 aliphatic heterocycles. The van der Waals surface area contributed by atoms with Crippen molar-refractivity contribution in [1.29, 1.82) is 0 Å². The number of hydrogen-bond acceptors (Lipinski definition) is 1. The smallest absolute Gasteiger partial charge is 0.154 e. The fourth-order valence-corrected chi connectivity index (χ4v) is 4.03. The third-order valence-corrected chi connectivity index (χ3v) is 5.62. The largest absolute Gasteiger partial charge is 0.295 e. The zero-order valence-electron chi connectivity index (χ0n) is 13.8. The average Bonchev–Trinajstić information content (AvgIpc) is 2.32. The third-order valence-electron chi connectivity index (χ3n) is 3.52. The molecule has 0 unspecified atom stereocenters. The van der Waals surface area contributed by atoms with E-state index in [0.29, 0.717) is 5.78 Å². The van der Waals surface area contributed by atoms with Gasteiger partial charge in [-0.25, -0.2) is 0 Å². The van der Waals surface area contributed by atoms with Crippen LogP contribution in [0.15, 0.2) is 11.3 Å². The summed E-state index contributed by atoms with van der Waals surface area (Å²) in [7, 11) is -1.46. The van der Waals surface area contributed by atoms with Crippen LogP contribution in [-0.4, -0.2) is 13.9 Å². The van der Waals surface area contributed by atoms with Gasteiger partial charge < -0.3 is 0 Å². The molecule has 0 aromatic heterocycles. The number of unbranched alkanes of at least 4 members (excludes halogenated alkanes) is 6. The van der Waals surface area contributed by atoms with E-state index in [2.05, 4.69) is 39.6 Å². The Morgan fingerprint density at radius 3 is 2.00 bits per heavy atom. The van der Waals surface area contributed by atoms with Crippen molar-refractivity contribution in [3.05, 3.63) is 11.3 Å². The Bertz CT molecular complexity index is 273. The Balaban J connectivity index is 4.28. The first-order valence-electron chi connectivity index (χ1n) is 8.17. The number of ketones is 1. The number of carbonyl (C=O) groups excluding carboxylic acids is 1. The lowest BCUT2D eigenvalue weighted by Crippen LogP contribution is -2.29. The maximum atomic E-state index is 12.4. The molecule has 1 nitrogen and oxygen atoms in total. The predicted octanol–water partition coefficient (Wildman–Crippen LogP) is 5.91. The zero-order chi connectivity index (χ0) is 14.7. The van der Waals surface area contributed by atoms with E-state index in [1.54, 1.807) is 0 Å². The molecule has 0 saturated carbocycles. The molecule has 2 heteroatoms. The van der Waals surface area contributed by atoms with Crippen LogP contribution in [0.25, 0.3) is 0 Å². The fourth-order valence-electron chi connectivity index (χ4n) is 2.31. The topological polar surface area (TPSA) is 17.1 Å². The summed E-state index contributed by atoms with van der Waals surface area (Å²) in [6, 6.07) is 0. The lowest BCUT2D eigenvalue weighted by atomic mass is 10.1. The van der Waals surface area contributed by atoms with Crippen LogP contribution in [0.5, 0.6) is 0 Å². The Morgan fingerprint density at radius 1 is 0.895 bits per heavy atom. The molecule has 0 fully saturated rings. The monoisotopic (exact) mass is 282 g/mol. The normalized spacial score (nSPS) is 12.8. The summed E-state index contributed by atoms with van der Waals surface area (Å²) in [4.78, 5) is 12.4. The summed E-state index contributed by atoms with van der Waals surface area (Å²) in [5, 5.41) is 1.19. The van der Waals surface area contributed by atoms with Crippen LogP contribution in [0.4, 0.5) is 0 Å². The van der Waals surface area contributed by atoms with Crippen molar-refractivity contribution in [2.24, 2.45) is 0 Å². The number of allylic oxidation sites excluding steroid dienone is 2. The maximum absolute atomic E-state index is 12.4. The highest BCUT2D eigenvalue weighted by atomic mass is 28.3. The van der Waals surface area contributed by atoms with Gasteiger partial charge in [0.1, 0.15) is 0 Å². The molecule has 112 valence electrons. The van der Waals surface area contributed by atoms with Crippen LogP contribution in [0.1, 0.15) is 71.6 Å². The van der Waals surface area contributed by atoms with Gasteiger partial charge in [0.15, 0.2) is 5.78 Å². The first-order valence-corrected chi connectivity index (χ1v) is 11.7. The van der Waals surface area contributed by atoms with E-state index >= 15 is 0 Å². The molecule has 0 spiro atoms. The third kappa shape index (κ3) is 9.20. The molecule has 0 saturated heterocycles. The van der Waals surface area contributed by atoms with Gasteiger partial charge in [-0.3, -0.25) is 4.79 Å². The first kappa shape index (κ1) is 18.6. The van der Waals surface area contributed by atoms with Gasteiger partial charge in [-0.1, -0.05) is 78.1 Å². The standard InChI is InChI=1S/C17H34OSi/c1-6-8-10-11-13-14-16(18)17(19(3,4)5)15-12-9-7-2/h15H,6-14H2,1-5H3/b17-15-. The first-order chi connectivity index (χ1) is 8.93. The Kier molecular flexibility index (Phi) is 10.2. The highest BCUT2D eigenvalue weighted by molar-refractivity contribution is 6.87. The highest BCUT2D eigenvalue weighted by Crippen LogP contribution is 2.20. The molecule has 0 amide bonds. The van der Waals surface area contributed by atoms with Gasteiger partial charge in [-0.2, -0.15) is 0 Å². The second-order valence-corrected chi connectivity index (χ2v) is 11.6. The van der Waals surface area contributed by atoms with E-state index in [0.717, 1.165) is 19.3 Å². The van der Waals surface area contributed by atoms with E-state index in [1.165, 1.54) is 43.7 Å². The van der Waals surface area contributed by atoms with Crippen molar-refractivity contribution in [2.45, 2.75) is 91.3 Å². The minimum atomic E-state index is -1.46. The van der Waals surface area contributed by atoms with Gasteiger partial charge in [0.2, 0.25) is 0 Å². The molecule has 0 aromatic carbocycles. The van der Waals surface area contributed by atoms with Gasteiger partial charge in [-0.15, -0.1) is 0 Å². The molecular weight excluding hydrogens is 248 g/mol. The zero-order valence-corrected chi connectivity index (χ0v) is 14.8. The summed E-state index contributed by atoms with van der Waals surface area (Å²) in [5.41, 5.74) is 0. The number of Topliss-reactive ketones (excluding diaryl/α,β-unsaturated/α-hetero) is 1. The molecule has 0 aromatic rings. The van der Waals surface area contributed by atoms with Crippen molar-refractivity contribution >= 4 is 13.9 Å². The van der Waals surface area contributed by atoms with Crippen LogP contribution in [0.2, 0.25) is 19.6 Å². The van der Waals surface area contributed by atoms with Gasteiger partial charge >= 0.3 is 0 Å². The van der Waals surface area contributed by atoms with Crippen molar-refractivity contribution in [1.82, 2.24) is 0 Å². The summed E-state index contributed by atoms with van der Waals surface area (Å²) in [6.07, 6.45) is 12.7. The fraction of sp³-hybridized carbons (Fsp3) is 0.824. The Labute approximate surface area is 121 Å². The molecule has 0 bridgehead atoms. The minimum absolute atomic E-state index is 0.437. The molecule has 19 heavy (non-hydrogen) atoms. The Morgan fingerprint density at radius 2 is 1.47 bits per heavy atom. The van der Waals surface area contributed by atoms with E-state index in [-0.39, 0.29) is 0 Å². The van der Waals surface area contributed by atoms with E-state index in [9.17, 15) is 4.79 Å². The van der Waals surface area contributed by atoms with E-state index < -0.39 is 8.07 Å². The summed E-state index contributed by atoms with van der Waals surface area (Å²) in [5.74, 6) is 0.437. The molecular formula is C17H34OSi. The second kappa shape index (κ2) is 10.4. The molecule has 0 heterocycles. The number of rotatable bonds is 11. The minimum Gasteiger partial charge on any atom is -0.295 e. The predicted molar refractivity (Wildman–Crippen MR) is 89.3 cm³/mol. The Hall–Kier alpha value is -0.373. The van der Waals surface area contributed by atoms with Crippen LogP contribution >= 0.6 is 0 Å². The summed E-state index contributed by atoms with van der Waals surface area (Å²) >= 11 is 0.